The summed E-state index contributed by atoms with van der Waals surface area (Å²) in [6.07, 6.45) is 1.62. The van der Waals surface area contributed by atoms with Crippen LogP contribution in [-0.2, 0) is 4.79 Å². The molecule has 4 nitrogen and oxygen atoms in total. The van der Waals surface area contributed by atoms with Gasteiger partial charge in [-0.3, -0.25) is 4.79 Å². The Hall–Kier alpha value is -2.43. The van der Waals surface area contributed by atoms with Gasteiger partial charge in [0, 0.05) is 6.20 Å². The first-order valence-corrected chi connectivity index (χ1v) is 5.74. The number of nitrogens with one attached hydrogen (secondary N) is 1. The van der Waals surface area contributed by atoms with Crippen LogP contribution in [0.4, 0.5) is 10.2 Å². The number of ether oxygens (including phenoxy) is 1. The third-order valence-electron chi connectivity index (χ3n) is 2.37. The molecule has 1 N–H and O–H groups in total. The zero-order valence-electron chi connectivity index (χ0n) is 10.4. The van der Waals surface area contributed by atoms with E-state index in [4.69, 9.17) is 4.74 Å². The second-order valence-electron chi connectivity index (χ2n) is 4.01. The highest BCUT2D eigenvalue weighted by Crippen LogP contribution is 2.11. The number of hydrogen-bond acceptors (Lipinski definition) is 3. The van der Waals surface area contributed by atoms with Gasteiger partial charge in [-0.25, -0.2) is 9.37 Å². The zero-order valence-corrected chi connectivity index (χ0v) is 10.4. The van der Waals surface area contributed by atoms with Crippen LogP contribution in [0.2, 0.25) is 0 Å². The predicted octanol–water partition coefficient (Wildman–Crippen LogP) is 2.55. The third-order valence-corrected chi connectivity index (χ3v) is 2.37. The van der Waals surface area contributed by atoms with Gasteiger partial charge in [0.2, 0.25) is 0 Å². The lowest BCUT2D eigenvalue weighted by molar-refractivity contribution is -0.118. The van der Waals surface area contributed by atoms with Crippen LogP contribution in [0.1, 0.15) is 5.56 Å². The Morgan fingerprint density at radius 1 is 1.32 bits per heavy atom. The van der Waals surface area contributed by atoms with Gasteiger partial charge in [0.25, 0.3) is 5.91 Å². The van der Waals surface area contributed by atoms with Gasteiger partial charge in [0.1, 0.15) is 17.4 Å². The van der Waals surface area contributed by atoms with Crippen molar-refractivity contribution >= 4 is 11.7 Å². The van der Waals surface area contributed by atoms with Gasteiger partial charge in [-0.05, 0) is 48.9 Å². The van der Waals surface area contributed by atoms with Crippen molar-refractivity contribution in [2.75, 3.05) is 11.9 Å². The van der Waals surface area contributed by atoms with Crippen molar-refractivity contribution in [1.29, 1.82) is 0 Å². The summed E-state index contributed by atoms with van der Waals surface area (Å²) in [6.45, 7) is 1.76. The third kappa shape index (κ3) is 4.06. The van der Waals surface area contributed by atoms with E-state index in [1.54, 1.807) is 12.3 Å². The lowest BCUT2D eigenvalue weighted by Crippen LogP contribution is -2.20. The molecule has 0 aliphatic heterocycles. The Labute approximate surface area is 110 Å². The summed E-state index contributed by atoms with van der Waals surface area (Å²) in [5.74, 6) is 0.254. The summed E-state index contributed by atoms with van der Waals surface area (Å²) >= 11 is 0. The normalized spacial score (nSPS) is 10.0. The number of carbonyl (C=O) groups is 1. The molecule has 5 heteroatoms. The maximum Gasteiger partial charge on any atom is 0.263 e. The standard InChI is InChI=1S/C14H13FN2O2/c1-10-6-7-16-13(8-10)17-14(18)9-19-12-4-2-11(15)3-5-12/h2-8H,9H2,1H3,(H,16,17,18). The van der Waals surface area contributed by atoms with Crippen molar-refractivity contribution in [2.45, 2.75) is 6.92 Å². The van der Waals surface area contributed by atoms with E-state index in [-0.39, 0.29) is 18.3 Å². The second-order valence-corrected chi connectivity index (χ2v) is 4.01. The van der Waals surface area contributed by atoms with E-state index in [1.165, 1.54) is 24.3 Å². The molecule has 0 spiro atoms. The fourth-order valence-corrected chi connectivity index (χ4v) is 1.46. The van der Waals surface area contributed by atoms with E-state index < -0.39 is 0 Å². The smallest absolute Gasteiger partial charge is 0.263 e. The molecule has 0 bridgehead atoms. The molecule has 0 saturated heterocycles. The highest BCUT2D eigenvalue weighted by molar-refractivity contribution is 5.90. The van der Waals surface area contributed by atoms with Crippen LogP contribution < -0.4 is 10.1 Å². The molecule has 2 aromatic rings. The van der Waals surface area contributed by atoms with Gasteiger partial charge in [-0.1, -0.05) is 0 Å². The Morgan fingerprint density at radius 2 is 2.05 bits per heavy atom. The fourth-order valence-electron chi connectivity index (χ4n) is 1.46. The van der Waals surface area contributed by atoms with Gasteiger partial charge in [-0.2, -0.15) is 0 Å². The van der Waals surface area contributed by atoms with Crippen molar-refractivity contribution in [3.05, 3.63) is 54.0 Å². The number of nitrogens with zero attached hydrogens (tertiary/aromatic N) is 1. The van der Waals surface area contributed by atoms with Crippen molar-refractivity contribution < 1.29 is 13.9 Å². The number of anilines is 1. The van der Waals surface area contributed by atoms with E-state index in [2.05, 4.69) is 10.3 Å². The molecule has 1 heterocycles. The minimum Gasteiger partial charge on any atom is -0.484 e. The number of pyridine rings is 1. The summed E-state index contributed by atoms with van der Waals surface area (Å²) in [5.41, 5.74) is 1.00. The van der Waals surface area contributed by atoms with Crippen molar-refractivity contribution in [2.24, 2.45) is 0 Å². The average molecular weight is 260 g/mol. The maximum absolute atomic E-state index is 12.7. The molecule has 19 heavy (non-hydrogen) atoms. The lowest BCUT2D eigenvalue weighted by atomic mass is 10.3. The SMILES string of the molecule is Cc1ccnc(NC(=O)COc2ccc(F)cc2)c1. The molecule has 0 aliphatic carbocycles. The minimum absolute atomic E-state index is 0.152. The molecule has 2 rings (SSSR count). The van der Waals surface area contributed by atoms with Gasteiger partial charge >= 0.3 is 0 Å². The minimum atomic E-state index is -0.347. The van der Waals surface area contributed by atoms with E-state index in [1.807, 2.05) is 13.0 Å². The summed E-state index contributed by atoms with van der Waals surface area (Å²) < 4.78 is 17.9. The molecule has 0 unspecified atom stereocenters. The summed E-state index contributed by atoms with van der Waals surface area (Å²) in [6, 6.07) is 9.08. The molecule has 0 radical (unpaired) electrons. The van der Waals surface area contributed by atoms with Crippen LogP contribution in [-0.4, -0.2) is 17.5 Å². The zero-order chi connectivity index (χ0) is 13.7. The fraction of sp³-hybridized carbons (Fsp3) is 0.143. The molecule has 0 fully saturated rings. The van der Waals surface area contributed by atoms with E-state index in [9.17, 15) is 9.18 Å². The highest BCUT2D eigenvalue weighted by atomic mass is 19.1. The predicted molar refractivity (Wildman–Crippen MR) is 69.5 cm³/mol. The Morgan fingerprint density at radius 3 is 2.74 bits per heavy atom. The number of halogens is 1. The first kappa shape index (κ1) is 13.0. The number of aromatic nitrogens is 1. The van der Waals surface area contributed by atoms with E-state index in [0.717, 1.165) is 5.56 Å². The summed E-state index contributed by atoms with van der Waals surface area (Å²) in [5, 5.41) is 2.62. The Balaban J connectivity index is 1.86. The number of rotatable bonds is 4. The first-order chi connectivity index (χ1) is 9.13. The largest absolute Gasteiger partial charge is 0.484 e. The van der Waals surface area contributed by atoms with Gasteiger partial charge in [0.15, 0.2) is 6.61 Å². The lowest BCUT2D eigenvalue weighted by Gasteiger charge is -2.07. The van der Waals surface area contributed by atoms with Gasteiger partial charge < -0.3 is 10.1 Å². The van der Waals surface area contributed by atoms with Crippen molar-refractivity contribution in [3.63, 3.8) is 0 Å². The topological polar surface area (TPSA) is 51.2 Å². The number of carbonyl (C=O) groups excluding carboxylic acids is 1. The summed E-state index contributed by atoms with van der Waals surface area (Å²) in [4.78, 5) is 15.6. The molecule has 98 valence electrons. The molecule has 1 amide bonds. The van der Waals surface area contributed by atoms with Crippen molar-refractivity contribution in [1.82, 2.24) is 4.98 Å². The van der Waals surface area contributed by atoms with Gasteiger partial charge in [0.05, 0.1) is 0 Å². The maximum atomic E-state index is 12.7. The molecule has 0 saturated carbocycles. The number of hydrogen-bond donors (Lipinski definition) is 1. The van der Waals surface area contributed by atoms with Crippen molar-refractivity contribution in [3.8, 4) is 5.75 Å². The first-order valence-electron chi connectivity index (χ1n) is 5.74. The highest BCUT2D eigenvalue weighted by Gasteiger charge is 2.04. The molecule has 1 aromatic carbocycles. The van der Waals surface area contributed by atoms with Crippen LogP contribution in [0.25, 0.3) is 0 Å². The van der Waals surface area contributed by atoms with Gasteiger partial charge in [-0.15, -0.1) is 0 Å². The number of benzene rings is 1. The quantitative estimate of drug-likeness (QED) is 0.919. The number of amides is 1. The molecule has 0 aliphatic rings. The molecular weight excluding hydrogens is 247 g/mol. The number of aryl methyl sites for hydroxylation is 1. The van der Waals surface area contributed by atoms with Crippen LogP contribution in [0.5, 0.6) is 5.75 Å². The van der Waals surface area contributed by atoms with E-state index >= 15 is 0 Å². The summed E-state index contributed by atoms with van der Waals surface area (Å²) in [7, 11) is 0. The van der Waals surface area contributed by atoms with Crippen LogP contribution in [0.3, 0.4) is 0 Å². The monoisotopic (exact) mass is 260 g/mol. The van der Waals surface area contributed by atoms with Crippen LogP contribution in [0, 0.1) is 12.7 Å². The Bertz CT molecular complexity index is 570. The second kappa shape index (κ2) is 5.95. The van der Waals surface area contributed by atoms with E-state index in [0.29, 0.717) is 11.6 Å². The van der Waals surface area contributed by atoms with Crippen LogP contribution >= 0.6 is 0 Å². The Kier molecular flexibility index (Phi) is 4.07. The molecule has 1 aromatic heterocycles. The molecular formula is C14H13FN2O2. The molecule has 0 atom stereocenters. The average Bonchev–Trinajstić information content (AvgIpc) is 2.38. The van der Waals surface area contributed by atoms with Crippen LogP contribution in [0.15, 0.2) is 42.6 Å².